The summed E-state index contributed by atoms with van der Waals surface area (Å²) in [5.74, 6) is 3.61. The molecule has 2 aromatic rings. The van der Waals surface area contributed by atoms with E-state index in [0.717, 1.165) is 37.7 Å². The van der Waals surface area contributed by atoms with Gasteiger partial charge in [0.1, 0.15) is 0 Å². The molecule has 1 saturated carbocycles. The average molecular weight is 418 g/mol. The van der Waals surface area contributed by atoms with Crippen molar-refractivity contribution >= 4 is 17.5 Å². The molecule has 0 bridgehead atoms. The van der Waals surface area contributed by atoms with Gasteiger partial charge in [-0.25, -0.2) is 0 Å². The zero-order valence-electron chi connectivity index (χ0n) is 17.6. The van der Waals surface area contributed by atoms with Crippen molar-refractivity contribution in [3.8, 4) is 23.8 Å². The maximum absolute atomic E-state index is 13.7. The Morgan fingerprint density at radius 3 is 2.65 bits per heavy atom. The van der Waals surface area contributed by atoms with Crippen molar-refractivity contribution < 1.29 is 19.1 Å². The molecule has 4 rings (SSSR count). The van der Waals surface area contributed by atoms with E-state index in [4.69, 9.17) is 15.9 Å². The lowest BCUT2D eigenvalue weighted by atomic mass is 9.68. The van der Waals surface area contributed by atoms with Crippen molar-refractivity contribution in [1.82, 2.24) is 4.90 Å². The molecular formula is C25H26N2O4. The molecule has 1 N–H and O–H groups in total. The van der Waals surface area contributed by atoms with E-state index in [2.05, 4.69) is 11.2 Å². The molecule has 0 radical (unpaired) electrons. The number of hydrogen-bond acceptors (Lipinski definition) is 4. The molecule has 31 heavy (non-hydrogen) atoms. The van der Waals surface area contributed by atoms with E-state index in [1.54, 1.807) is 31.3 Å². The number of carbonyl (C=O) groups is 2. The van der Waals surface area contributed by atoms with Crippen molar-refractivity contribution in [2.75, 3.05) is 25.7 Å². The molecule has 6 heteroatoms. The SMILES string of the molecule is C#Cc1cccc(NC(=O)CN(C)C(=O)C2(c3ccc4c(c3)OCO4)CCCCC2)c1. The monoisotopic (exact) mass is 418 g/mol. The van der Waals surface area contributed by atoms with E-state index in [-0.39, 0.29) is 25.2 Å². The Morgan fingerprint density at radius 2 is 1.87 bits per heavy atom. The number of rotatable bonds is 5. The van der Waals surface area contributed by atoms with Gasteiger partial charge in [-0.3, -0.25) is 9.59 Å². The number of likely N-dealkylation sites (N-methyl/N-ethyl adjacent to an activating group) is 1. The molecule has 1 heterocycles. The summed E-state index contributed by atoms with van der Waals surface area (Å²) in [7, 11) is 1.68. The van der Waals surface area contributed by atoms with Crippen molar-refractivity contribution in [3.05, 3.63) is 53.6 Å². The first-order chi connectivity index (χ1) is 15.0. The van der Waals surface area contributed by atoms with Gasteiger partial charge >= 0.3 is 0 Å². The van der Waals surface area contributed by atoms with Crippen LogP contribution in [-0.4, -0.2) is 37.1 Å². The topological polar surface area (TPSA) is 67.9 Å². The van der Waals surface area contributed by atoms with E-state index in [1.807, 2.05) is 18.2 Å². The highest BCUT2D eigenvalue weighted by molar-refractivity contribution is 5.96. The number of nitrogens with zero attached hydrogens (tertiary/aromatic N) is 1. The number of benzene rings is 2. The van der Waals surface area contributed by atoms with E-state index in [0.29, 0.717) is 22.7 Å². The average Bonchev–Trinajstić information content (AvgIpc) is 3.27. The minimum atomic E-state index is -0.655. The van der Waals surface area contributed by atoms with Gasteiger partial charge in [-0.15, -0.1) is 6.42 Å². The fraction of sp³-hybridized carbons (Fsp3) is 0.360. The third kappa shape index (κ3) is 4.22. The second kappa shape index (κ2) is 8.73. The first-order valence-electron chi connectivity index (χ1n) is 10.5. The predicted molar refractivity (Wildman–Crippen MR) is 118 cm³/mol. The molecule has 0 aromatic heterocycles. The van der Waals surface area contributed by atoms with Crippen LogP contribution in [0.1, 0.15) is 43.2 Å². The number of amides is 2. The van der Waals surface area contributed by atoms with Crippen molar-refractivity contribution in [1.29, 1.82) is 0 Å². The first kappa shape index (κ1) is 20.8. The van der Waals surface area contributed by atoms with Gasteiger partial charge in [0.05, 0.1) is 12.0 Å². The van der Waals surface area contributed by atoms with Crippen LogP contribution in [-0.2, 0) is 15.0 Å². The second-order valence-corrected chi connectivity index (χ2v) is 8.15. The molecule has 1 aliphatic carbocycles. The van der Waals surface area contributed by atoms with E-state index < -0.39 is 5.41 Å². The largest absolute Gasteiger partial charge is 0.454 e. The van der Waals surface area contributed by atoms with Gasteiger partial charge in [0, 0.05) is 18.3 Å². The van der Waals surface area contributed by atoms with Crippen LogP contribution in [0.2, 0.25) is 0 Å². The van der Waals surface area contributed by atoms with Gasteiger partial charge < -0.3 is 19.7 Å². The molecule has 2 amide bonds. The van der Waals surface area contributed by atoms with Crippen LogP contribution in [0.3, 0.4) is 0 Å². The van der Waals surface area contributed by atoms with Gasteiger partial charge in [0.2, 0.25) is 18.6 Å². The number of ether oxygens (including phenoxy) is 2. The fourth-order valence-electron chi connectivity index (χ4n) is 4.52. The highest BCUT2D eigenvalue weighted by atomic mass is 16.7. The summed E-state index contributed by atoms with van der Waals surface area (Å²) in [5, 5.41) is 2.83. The van der Waals surface area contributed by atoms with Crippen molar-refractivity contribution in [2.24, 2.45) is 0 Å². The fourth-order valence-corrected chi connectivity index (χ4v) is 4.52. The molecule has 0 unspecified atom stereocenters. The van der Waals surface area contributed by atoms with E-state index >= 15 is 0 Å². The summed E-state index contributed by atoms with van der Waals surface area (Å²) in [6, 6.07) is 12.8. The van der Waals surface area contributed by atoms with Crippen LogP contribution >= 0.6 is 0 Å². The third-order valence-electron chi connectivity index (χ3n) is 6.08. The van der Waals surface area contributed by atoms with Gasteiger partial charge in [0.15, 0.2) is 11.5 Å². The van der Waals surface area contributed by atoms with Gasteiger partial charge in [0.25, 0.3) is 0 Å². The number of nitrogens with one attached hydrogen (secondary N) is 1. The van der Waals surface area contributed by atoms with Crippen LogP contribution in [0, 0.1) is 12.3 Å². The molecule has 0 spiro atoms. The van der Waals surface area contributed by atoms with Crippen molar-refractivity contribution in [3.63, 3.8) is 0 Å². The molecule has 1 fully saturated rings. The lowest BCUT2D eigenvalue weighted by Gasteiger charge is -2.39. The zero-order valence-corrected chi connectivity index (χ0v) is 17.6. The quantitative estimate of drug-likeness (QED) is 0.752. The Balaban J connectivity index is 1.51. The Kier molecular flexibility index (Phi) is 5.85. The van der Waals surface area contributed by atoms with Crippen LogP contribution in [0.25, 0.3) is 0 Å². The molecule has 0 saturated heterocycles. The lowest BCUT2D eigenvalue weighted by molar-refractivity contribution is -0.139. The zero-order chi connectivity index (χ0) is 21.8. The minimum absolute atomic E-state index is 0.0363. The van der Waals surface area contributed by atoms with Crippen molar-refractivity contribution in [2.45, 2.75) is 37.5 Å². The number of anilines is 1. The summed E-state index contributed by atoms with van der Waals surface area (Å²) in [4.78, 5) is 27.8. The molecule has 160 valence electrons. The first-order valence-corrected chi connectivity index (χ1v) is 10.5. The maximum atomic E-state index is 13.7. The van der Waals surface area contributed by atoms with Crippen LogP contribution in [0.5, 0.6) is 11.5 Å². The Labute approximate surface area is 182 Å². The second-order valence-electron chi connectivity index (χ2n) is 8.15. The number of carbonyl (C=O) groups excluding carboxylic acids is 2. The molecule has 0 atom stereocenters. The Morgan fingerprint density at radius 1 is 1.10 bits per heavy atom. The molecule has 6 nitrogen and oxygen atoms in total. The lowest BCUT2D eigenvalue weighted by Crippen LogP contribution is -2.48. The smallest absolute Gasteiger partial charge is 0.243 e. The molecule has 2 aliphatic rings. The highest BCUT2D eigenvalue weighted by Gasteiger charge is 2.43. The minimum Gasteiger partial charge on any atom is -0.454 e. The summed E-state index contributed by atoms with van der Waals surface area (Å²) in [6.45, 7) is 0.159. The Hall–Kier alpha value is -3.46. The summed E-state index contributed by atoms with van der Waals surface area (Å²) in [6.07, 6.45) is 9.98. The molecule has 2 aromatic carbocycles. The van der Waals surface area contributed by atoms with Gasteiger partial charge in [-0.2, -0.15) is 0 Å². The van der Waals surface area contributed by atoms with E-state index in [1.165, 1.54) is 4.90 Å². The normalized spacial score (nSPS) is 16.3. The third-order valence-corrected chi connectivity index (χ3v) is 6.08. The maximum Gasteiger partial charge on any atom is 0.243 e. The predicted octanol–water partition coefficient (Wildman–Crippen LogP) is 3.70. The highest BCUT2D eigenvalue weighted by Crippen LogP contribution is 2.44. The summed E-state index contributed by atoms with van der Waals surface area (Å²) < 4.78 is 11.0. The number of hydrogen-bond donors (Lipinski definition) is 1. The van der Waals surface area contributed by atoms with Crippen LogP contribution in [0.4, 0.5) is 5.69 Å². The number of fused-ring (bicyclic) bond motifs is 1. The summed E-state index contributed by atoms with van der Waals surface area (Å²) >= 11 is 0. The van der Waals surface area contributed by atoms with Crippen LogP contribution in [0.15, 0.2) is 42.5 Å². The molecular weight excluding hydrogens is 392 g/mol. The van der Waals surface area contributed by atoms with Gasteiger partial charge in [-0.1, -0.05) is 37.3 Å². The van der Waals surface area contributed by atoms with Crippen LogP contribution < -0.4 is 14.8 Å². The standard InChI is InChI=1S/C25H26N2O4/c1-3-18-8-7-9-20(14-18)26-23(28)16-27(2)24(29)25(12-5-4-6-13-25)19-10-11-21-22(15-19)31-17-30-21/h1,7-11,14-15H,4-6,12-13,16-17H2,2H3,(H,26,28). The summed E-state index contributed by atoms with van der Waals surface area (Å²) in [5.41, 5.74) is 1.57. The number of terminal acetylenes is 1. The van der Waals surface area contributed by atoms with Gasteiger partial charge in [-0.05, 0) is 48.7 Å². The van der Waals surface area contributed by atoms with E-state index in [9.17, 15) is 9.59 Å². The molecule has 1 aliphatic heterocycles. The Bertz CT molecular complexity index is 1030.